The Morgan fingerprint density at radius 1 is 1.10 bits per heavy atom. The van der Waals surface area contributed by atoms with Crippen LogP contribution in [0, 0.1) is 5.82 Å². The molecule has 0 radical (unpaired) electrons. The molecule has 0 unspecified atom stereocenters. The van der Waals surface area contributed by atoms with Crippen molar-refractivity contribution < 1.29 is 19.2 Å². The van der Waals surface area contributed by atoms with Gasteiger partial charge in [-0.2, -0.15) is 0 Å². The third kappa shape index (κ3) is 3.74. The number of benzene rings is 2. The number of rotatable bonds is 3. The van der Waals surface area contributed by atoms with E-state index < -0.39 is 18.8 Å². The van der Waals surface area contributed by atoms with Crippen molar-refractivity contribution in [2.45, 2.75) is 0 Å². The minimum atomic E-state index is -1.79. The Hall–Kier alpha value is -1.60. The quantitative estimate of drug-likeness (QED) is 0.756. The Kier molecular flexibility index (Phi) is 4.85. The standard InChI is InChI=1S/C13H9BCl2FNO3/c15-10-3-1-7(5-9(10)14(20)21)13(19)18-8-2-4-12(17)11(16)6-8/h1-6,20-21H,(H,18,19). The van der Waals surface area contributed by atoms with E-state index in [2.05, 4.69) is 5.32 Å². The molecule has 0 saturated heterocycles. The maximum Gasteiger partial charge on any atom is 0.489 e. The van der Waals surface area contributed by atoms with Gasteiger partial charge in [-0.1, -0.05) is 23.2 Å². The van der Waals surface area contributed by atoms with E-state index in [-0.39, 0.29) is 21.1 Å². The van der Waals surface area contributed by atoms with Crippen LogP contribution in [0.1, 0.15) is 10.4 Å². The first kappa shape index (κ1) is 15.8. The van der Waals surface area contributed by atoms with E-state index in [1.165, 1.54) is 30.3 Å². The first-order valence-electron chi connectivity index (χ1n) is 5.80. The molecule has 0 fully saturated rings. The molecule has 0 atom stereocenters. The normalized spacial score (nSPS) is 10.3. The van der Waals surface area contributed by atoms with Crippen LogP contribution in [0.15, 0.2) is 36.4 Å². The van der Waals surface area contributed by atoms with Crippen LogP contribution >= 0.6 is 23.2 Å². The van der Waals surface area contributed by atoms with Gasteiger partial charge >= 0.3 is 7.12 Å². The fourth-order valence-electron chi connectivity index (χ4n) is 1.66. The maximum atomic E-state index is 13.0. The fourth-order valence-corrected chi connectivity index (χ4v) is 2.06. The zero-order valence-corrected chi connectivity index (χ0v) is 12.0. The van der Waals surface area contributed by atoms with Crippen LogP contribution in [0.3, 0.4) is 0 Å². The Morgan fingerprint density at radius 3 is 2.43 bits per heavy atom. The summed E-state index contributed by atoms with van der Waals surface area (Å²) in [5.74, 6) is -1.11. The van der Waals surface area contributed by atoms with Crippen LogP contribution in [-0.2, 0) is 0 Å². The number of hydrogen-bond acceptors (Lipinski definition) is 3. The average molecular weight is 328 g/mol. The summed E-state index contributed by atoms with van der Waals surface area (Å²) in [5, 5.41) is 20.8. The van der Waals surface area contributed by atoms with Crippen molar-refractivity contribution in [3.8, 4) is 0 Å². The van der Waals surface area contributed by atoms with Gasteiger partial charge in [0.25, 0.3) is 5.91 Å². The monoisotopic (exact) mass is 327 g/mol. The summed E-state index contributed by atoms with van der Waals surface area (Å²) in [6, 6.07) is 7.82. The first-order valence-corrected chi connectivity index (χ1v) is 6.56. The molecule has 2 aromatic carbocycles. The minimum absolute atomic E-state index is 0.0152. The molecule has 0 aliphatic carbocycles. The Labute approximate surface area is 130 Å². The highest BCUT2D eigenvalue weighted by molar-refractivity contribution is 6.62. The molecule has 0 aliphatic heterocycles. The van der Waals surface area contributed by atoms with Gasteiger partial charge in [0.15, 0.2) is 0 Å². The SMILES string of the molecule is O=C(Nc1ccc(F)c(Cl)c1)c1ccc(Cl)c(B(O)O)c1. The van der Waals surface area contributed by atoms with Gasteiger partial charge in [-0.05, 0) is 36.4 Å². The van der Waals surface area contributed by atoms with Crippen LogP contribution in [0.25, 0.3) is 0 Å². The highest BCUT2D eigenvalue weighted by atomic mass is 35.5. The van der Waals surface area contributed by atoms with E-state index in [0.29, 0.717) is 5.69 Å². The lowest BCUT2D eigenvalue weighted by Gasteiger charge is -2.08. The van der Waals surface area contributed by atoms with Crippen LogP contribution in [0.4, 0.5) is 10.1 Å². The molecule has 3 N–H and O–H groups in total. The zero-order valence-electron chi connectivity index (χ0n) is 10.5. The smallest absolute Gasteiger partial charge is 0.423 e. The van der Waals surface area contributed by atoms with Gasteiger partial charge in [0, 0.05) is 21.7 Å². The van der Waals surface area contributed by atoms with Gasteiger partial charge < -0.3 is 15.4 Å². The van der Waals surface area contributed by atoms with Crippen molar-refractivity contribution in [3.05, 3.63) is 57.8 Å². The number of amides is 1. The third-order valence-corrected chi connectivity index (χ3v) is 3.35. The predicted octanol–water partition coefficient (Wildman–Crippen LogP) is 2.06. The molecule has 2 rings (SSSR count). The van der Waals surface area contributed by atoms with Gasteiger partial charge in [-0.3, -0.25) is 4.79 Å². The molecule has 0 heterocycles. The number of carbonyl (C=O) groups excluding carboxylic acids is 1. The topological polar surface area (TPSA) is 69.6 Å². The Bertz CT molecular complexity index is 697. The van der Waals surface area contributed by atoms with Crippen LogP contribution in [0.5, 0.6) is 0 Å². The van der Waals surface area contributed by atoms with E-state index in [9.17, 15) is 9.18 Å². The zero-order chi connectivity index (χ0) is 15.6. The molecule has 108 valence electrons. The van der Waals surface area contributed by atoms with Crippen molar-refractivity contribution >= 4 is 47.4 Å². The van der Waals surface area contributed by atoms with Crippen LogP contribution in [-0.4, -0.2) is 23.1 Å². The number of carbonyl (C=O) groups is 1. The van der Waals surface area contributed by atoms with E-state index in [0.717, 1.165) is 6.07 Å². The van der Waals surface area contributed by atoms with Gasteiger partial charge in [-0.15, -0.1) is 0 Å². The van der Waals surface area contributed by atoms with Gasteiger partial charge in [0.2, 0.25) is 0 Å². The van der Waals surface area contributed by atoms with Crippen LogP contribution < -0.4 is 10.8 Å². The average Bonchev–Trinajstić information content (AvgIpc) is 2.43. The fraction of sp³-hybridized carbons (Fsp3) is 0. The second-order valence-electron chi connectivity index (χ2n) is 4.19. The number of nitrogens with one attached hydrogen (secondary N) is 1. The van der Waals surface area contributed by atoms with Crippen molar-refractivity contribution in [2.75, 3.05) is 5.32 Å². The predicted molar refractivity (Wildman–Crippen MR) is 80.6 cm³/mol. The van der Waals surface area contributed by atoms with Crippen molar-refractivity contribution in [2.24, 2.45) is 0 Å². The summed E-state index contributed by atoms with van der Waals surface area (Å²) >= 11 is 11.4. The molecule has 0 aliphatic rings. The van der Waals surface area contributed by atoms with Gasteiger partial charge in [0.1, 0.15) is 5.82 Å². The van der Waals surface area contributed by atoms with Gasteiger partial charge in [-0.25, -0.2) is 4.39 Å². The lowest BCUT2D eigenvalue weighted by molar-refractivity contribution is 0.102. The molecule has 8 heteroatoms. The molecular formula is C13H9BCl2FNO3. The maximum absolute atomic E-state index is 13.0. The molecule has 4 nitrogen and oxygen atoms in total. The van der Waals surface area contributed by atoms with E-state index in [4.69, 9.17) is 33.2 Å². The number of anilines is 1. The largest absolute Gasteiger partial charge is 0.489 e. The molecule has 1 amide bonds. The summed E-state index contributed by atoms with van der Waals surface area (Å²) in [6.45, 7) is 0. The lowest BCUT2D eigenvalue weighted by Crippen LogP contribution is -2.32. The van der Waals surface area contributed by atoms with E-state index in [1.807, 2.05) is 0 Å². The number of hydrogen-bond donors (Lipinski definition) is 3. The van der Waals surface area contributed by atoms with E-state index >= 15 is 0 Å². The lowest BCUT2D eigenvalue weighted by atomic mass is 9.79. The summed E-state index contributed by atoms with van der Waals surface area (Å²) in [6.07, 6.45) is 0. The first-order chi connectivity index (χ1) is 9.88. The molecule has 0 saturated carbocycles. The molecule has 0 bridgehead atoms. The van der Waals surface area contributed by atoms with Crippen molar-refractivity contribution in [1.82, 2.24) is 0 Å². The summed E-state index contributed by atoms with van der Waals surface area (Å²) in [7, 11) is -1.79. The summed E-state index contributed by atoms with van der Waals surface area (Å²) in [5.41, 5.74) is 0.497. The van der Waals surface area contributed by atoms with Crippen molar-refractivity contribution in [1.29, 1.82) is 0 Å². The highest BCUT2D eigenvalue weighted by Gasteiger charge is 2.18. The molecule has 0 spiro atoms. The molecule has 2 aromatic rings. The van der Waals surface area contributed by atoms with Gasteiger partial charge in [0.05, 0.1) is 5.02 Å². The third-order valence-electron chi connectivity index (χ3n) is 2.71. The Morgan fingerprint density at radius 2 is 1.81 bits per heavy atom. The second kappa shape index (κ2) is 6.45. The second-order valence-corrected chi connectivity index (χ2v) is 5.01. The van der Waals surface area contributed by atoms with Crippen LogP contribution in [0.2, 0.25) is 10.0 Å². The minimum Gasteiger partial charge on any atom is -0.423 e. The van der Waals surface area contributed by atoms with Crippen molar-refractivity contribution in [3.63, 3.8) is 0 Å². The highest BCUT2D eigenvalue weighted by Crippen LogP contribution is 2.20. The molecule has 21 heavy (non-hydrogen) atoms. The number of halogens is 3. The molecular weight excluding hydrogens is 319 g/mol. The Balaban J connectivity index is 2.24. The summed E-state index contributed by atoms with van der Waals surface area (Å²) < 4.78 is 13.0. The molecule has 0 aromatic heterocycles. The van der Waals surface area contributed by atoms with E-state index in [1.54, 1.807) is 0 Å². The summed E-state index contributed by atoms with van der Waals surface area (Å²) in [4.78, 5) is 12.0.